The predicted molar refractivity (Wildman–Crippen MR) is 117 cm³/mol. The first kappa shape index (κ1) is 22.7. The minimum atomic E-state index is -0.394. The second-order valence-electron chi connectivity index (χ2n) is 6.84. The molecule has 0 radical (unpaired) electrons. The quantitative estimate of drug-likeness (QED) is 0.457. The average molecular weight is 409 g/mol. The summed E-state index contributed by atoms with van der Waals surface area (Å²) >= 11 is 0. The van der Waals surface area contributed by atoms with Crippen molar-refractivity contribution in [2.24, 2.45) is 0 Å². The maximum Gasteiger partial charge on any atom is 0.330 e. The minimum absolute atomic E-state index is 0.0683. The highest BCUT2D eigenvalue weighted by atomic mass is 16.5. The van der Waals surface area contributed by atoms with Gasteiger partial charge in [-0.05, 0) is 62.2 Å². The zero-order valence-electron chi connectivity index (χ0n) is 17.4. The van der Waals surface area contributed by atoms with Crippen molar-refractivity contribution >= 4 is 29.7 Å². The van der Waals surface area contributed by atoms with Crippen LogP contribution in [0.5, 0.6) is 0 Å². The van der Waals surface area contributed by atoms with Crippen molar-refractivity contribution in [1.82, 2.24) is 10.6 Å². The lowest BCUT2D eigenvalue weighted by Gasteiger charge is -2.10. The van der Waals surface area contributed by atoms with Crippen molar-refractivity contribution in [1.29, 1.82) is 0 Å². The number of hydrogen-bond acceptors (Lipinski definition) is 4. The van der Waals surface area contributed by atoms with Crippen molar-refractivity contribution in [2.75, 3.05) is 11.9 Å². The number of urea groups is 1. The van der Waals surface area contributed by atoms with Gasteiger partial charge in [-0.3, -0.25) is 4.79 Å². The van der Waals surface area contributed by atoms with E-state index in [1.165, 1.54) is 6.08 Å². The third-order valence-electron chi connectivity index (χ3n) is 3.96. The smallest absolute Gasteiger partial charge is 0.330 e. The van der Waals surface area contributed by atoms with Gasteiger partial charge in [0.05, 0.1) is 6.61 Å². The summed E-state index contributed by atoms with van der Waals surface area (Å²) < 4.78 is 4.83. The second-order valence-corrected chi connectivity index (χ2v) is 6.84. The Morgan fingerprint density at radius 2 is 1.67 bits per heavy atom. The van der Waals surface area contributed by atoms with Gasteiger partial charge in [0, 0.05) is 29.9 Å². The van der Waals surface area contributed by atoms with E-state index in [-0.39, 0.29) is 18.0 Å². The number of carbonyl (C=O) groups is 3. The fourth-order valence-electron chi connectivity index (χ4n) is 2.50. The molecule has 0 spiro atoms. The Morgan fingerprint density at radius 1 is 1.00 bits per heavy atom. The molecule has 0 aliphatic rings. The number of nitrogens with one attached hydrogen (secondary N) is 3. The maximum atomic E-state index is 12.4. The van der Waals surface area contributed by atoms with E-state index in [1.54, 1.807) is 61.5 Å². The summed E-state index contributed by atoms with van der Waals surface area (Å²) in [4.78, 5) is 35.4. The highest BCUT2D eigenvalue weighted by Crippen LogP contribution is 2.13. The molecule has 0 aromatic heterocycles. The molecular formula is C23H27N3O4. The van der Waals surface area contributed by atoms with Gasteiger partial charge in [-0.15, -0.1) is 0 Å². The van der Waals surface area contributed by atoms with Crippen molar-refractivity contribution in [3.63, 3.8) is 0 Å². The zero-order valence-corrected chi connectivity index (χ0v) is 17.4. The van der Waals surface area contributed by atoms with E-state index in [1.807, 2.05) is 13.8 Å². The van der Waals surface area contributed by atoms with Crippen LogP contribution in [-0.2, 0) is 16.1 Å². The lowest BCUT2D eigenvalue weighted by atomic mass is 10.1. The lowest BCUT2D eigenvalue weighted by molar-refractivity contribution is -0.137. The van der Waals surface area contributed by atoms with Crippen LogP contribution in [0.4, 0.5) is 10.5 Å². The van der Waals surface area contributed by atoms with Crippen molar-refractivity contribution in [3.8, 4) is 0 Å². The summed E-state index contributed by atoms with van der Waals surface area (Å²) in [7, 11) is 0. The Bertz CT molecular complexity index is 888. The van der Waals surface area contributed by atoms with Crippen molar-refractivity contribution in [2.45, 2.75) is 33.4 Å². The molecule has 158 valence electrons. The number of rotatable bonds is 8. The van der Waals surface area contributed by atoms with Gasteiger partial charge in [-0.1, -0.05) is 24.3 Å². The van der Waals surface area contributed by atoms with Gasteiger partial charge in [0.2, 0.25) is 0 Å². The topological polar surface area (TPSA) is 96.5 Å². The summed E-state index contributed by atoms with van der Waals surface area (Å²) in [5.74, 6) is -0.629. The van der Waals surface area contributed by atoms with Crippen LogP contribution < -0.4 is 16.0 Å². The van der Waals surface area contributed by atoms with Gasteiger partial charge in [-0.2, -0.15) is 0 Å². The lowest BCUT2D eigenvalue weighted by Crippen LogP contribution is -2.39. The monoisotopic (exact) mass is 409 g/mol. The molecule has 2 rings (SSSR count). The standard InChI is InChI=1S/C23H27N3O4/c1-4-30-21(27)14-9-17-7-12-20(13-8-17)26-22(28)19-10-5-18(6-11-19)15-24-23(29)25-16(2)3/h5-14,16H,4,15H2,1-3H3,(H,26,28)(H2,24,25,29). The van der Waals surface area contributed by atoms with Crippen LogP contribution in [0.3, 0.4) is 0 Å². The number of anilines is 1. The number of hydrogen-bond donors (Lipinski definition) is 3. The number of esters is 1. The molecule has 0 heterocycles. The first-order valence-corrected chi connectivity index (χ1v) is 9.77. The molecule has 0 aliphatic heterocycles. The first-order valence-electron chi connectivity index (χ1n) is 9.77. The van der Waals surface area contributed by atoms with Crippen LogP contribution in [0.1, 0.15) is 42.3 Å². The van der Waals surface area contributed by atoms with Gasteiger partial charge in [0.1, 0.15) is 0 Å². The summed E-state index contributed by atoms with van der Waals surface area (Å²) in [6.07, 6.45) is 3.01. The second kappa shape index (κ2) is 11.4. The van der Waals surface area contributed by atoms with Crippen LogP contribution in [0.15, 0.2) is 54.6 Å². The molecular weight excluding hydrogens is 382 g/mol. The highest BCUT2D eigenvalue weighted by molar-refractivity contribution is 6.04. The van der Waals surface area contributed by atoms with E-state index in [4.69, 9.17) is 4.74 Å². The van der Waals surface area contributed by atoms with Gasteiger partial charge >= 0.3 is 12.0 Å². The molecule has 7 nitrogen and oxygen atoms in total. The fraction of sp³-hybridized carbons (Fsp3) is 0.261. The molecule has 2 aromatic carbocycles. The molecule has 7 heteroatoms. The molecule has 0 aliphatic carbocycles. The van der Waals surface area contributed by atoms with Crippen LogP contribution in [0.2, 0.25) is 0 Å². The molecule has 2 aromatic rings. The third-order valence-corrected chi connectivity index (χ3v) is 3.96. The van der Waals surface area contributed by atoms with Gasteiger partial charge in [-0.25, -0.2) is 9.59 Å². The average Bonchev–Trinajstić information content (AvgIpc) is 2.72. The summed E-state index contributed by atoms with van der Waals surface area (Å²) in [6, 6.07) is 14.0. The van der Waals surface area contributed by atoms with Crippen molar-refractivity contribution in [3.05, 3.63) is 71.3 Å². The van der Waals surface area contributed by atoms with E-state index in [0.29, 0.717) is 24.4 Å². The fourth-order valence-corrected chi connectivity index (χ4v) is 2.50. The molecule has 0 saturated carbocycles. The molecule has 0 fully saturated rings. The van der Waals surface area contributed by atoms with Crippen molar-refractivity contribution < 1.29 is 19.1 Å². The Labute approximate surface area is 176 Å². The summed E-state index contributed by atoms with van der Waals surface area (Å²) in [5, 5.41) is 8.34. The van der Waals surface area contributed by atoms with E-state index in [0.717, 1.165) is 11.1 Å². The largest absolute Gasteiger partial charge is 0.463 e. The Morgan fingerprint density at radius 3 is 2.27 bits per heavy atom. The Balaban J connectivity index is 1.88. The predicted octanol–water partition coefficient (Wildman–Crippen LogP) is 3.72. The molecule has 0 unspecified atom stereocenters. The Hall–Kier alpha value is -3.61. The van der Waals surface area contributed by atoms with E-state index < -0.39 is 5.97 Å². The van der Waals surface area contributed by atoms with E-state index in [9.17, 15) is 14.4 Å². The molecule has 3 N–H and O–H groups in total. The summed E-state index contributed by atoms with van der Waals surface area (Å²) in [5.41, 5.74) is 2.86. The number of amides is 3. The summed E-state index contributed by atoms with van der Waals surface area (Å²) in [6.45, 7) is 6.24. The Kier molecular flexibility index (Phi) is 8.62. The molecule has 0 atom stereocenters. The number of ether oxygens (including phenoxy) is 1. The molecule has 3 amide bonds. The van der Waals surface area contributed by atoms with E-state index in [2.05, 4.69) is 16.0 Å². The van der Waals surface area contributed by atoms with Gasteiger partial charge in [0.25, 0.3) is 5.91 Å². The van der Waals surface area contributed by atoms with Gasteiger partial charge in [0.15, 0.2) is 0 Å². The highest BCUT2D eigenvalue weighted by Gasteiger charge is 2.07. The van der Waals surface area contributed by atoms with E-state index >= 15 is 0 Å². The molecule has 30 heavy (non-hydrogen) atoms. The third kappa shape index (κ3) is 7.79. The maximum absolute atomic E-state index is 12.4. The first-order chi connectivity index (χ1) is 14.4. The van der Waals surface area contributed by atoms with Gasteiger partial charge < -0.3 is 20.7 Å². The SMILES string of the molecule is CCOC(=O)C=Cc1ccc(NC(=O)c2ccc(CNC(=O)NC(C)C)cc2)cc1. The van der Waals surface area contributed by atoms with Crippen LogP contribution >= 0.6 is 0 Å². The molecule has 0 bridgehead atoms. The normalized spacial score (nSPS) is 10.7. The minimum Gasteiger partial charge on any atom is -0.463 e. The van der Waals surface area contributed by atoms with Crippen LogP contribution in [0, 0.1) is 0 Å². The van der Waals surface area contributed by atoms with Crippen LogP contribution in [-0.4, -0.2) is 30.6 Å². The number of benzene rings is 2. The number of carbonyl (C=O) groups excluding carboxylic acids is 3. The molecule has 0 saturated heterocycles. The van der Waals surface area contributed by atoms with Crippen LogP contribution in [0.25, 0.3) is 6.08 Å². The zero-order chi connectivity index (χ0) is 21.9.